The van der Waals surface area contributed by atoms with Crippen molar-refractivity contribution in [3.05, 3.63) is 25.3 Å². The average Bonchev–Trinajstić information content (AvgIpc) is 2.34. The van der Waals surface area contributed by atoms with E-state index in [1.54, 1.807) is 0 Å². The Morgan fingerprint density at radius 2 is 1.88 bits per heavy atom. The second-order valence-electron chi connectivity index (χ2n) is 6.27. The van der Waals surface area contributed by atoms with Crippen LogP contribution in [0.1, 0.15) is 52.9 Å². The Kier molecular flexibility index (Phi) is 6.02. The minimum atomic E-state index is 0.715. The molecule has 1 fully saturated rings. The van der Waals surface area contributed by atoms with Crippen LogP contribution in [0, 0.1) is 29.6 Å². The lowest BCUT2D eigenvalue weighted by molar-refractivity contribution is 0.169. The number of allylic oxidation sites excluding steroid dienone is 2. The molecule has 17 heavy (non-hydrogen) atoms. The SMILES string of the molecule is C=CC1CC(CC)CC(C(C=C)CC(C)C)C1. The highest BCUT2D eigenvalue weighted by atomic mass is 14.4. The molecule has 4 atom stereocenters. The summed E-state index contributed by atoms with van der Waals surface area (Å²) in [4.78, 5) is 0. The summed E-state index contributed by atoms with van der Waals surface area (Å²) < 4.78 is 0. The van der Waals surface area contributed by atoms with E-state index in [1.807, 2.05) is 0 Å². The Hall–Kier alpha value is -0.520. The van der Waals surface area contributed by atoms with Gasteiger partial charge >= 0.3 is 0 Å². The summed E-state index contributed by atoms with van der Waals surface area (Å²) in [6.45, 7) is 15.0. The number of hydrogen-bond acceptors (Lipinski definition) is 0. The second kappa shape index (κ2) is 7.03. The molecular weight excluding hydrogens is 204 g/mol. The van der Waals surface area contributed by atoms with E-state index in [0.717, 1.165) is 23.7 Å². The van der Waals surface area contributed by atoms with Crippen molar-refractivity contribution in [1.29, 1.82) is 0 Å². The molecular formula is C17H30. The summed E-state index contributed by atoms with van der Waals surface area (Å²) in [6, 6.07) is 0. The van der Waals surface area contributed by atoms with Gasteiger partial charge in [-0.25, -0.2) is 0 Å². The summed E-state index contributed by atoms with van der Waals surface area (Å²) in [5, 5.41) is 0. The summed E-state index contributed by atoms with van der Waals surface area (Å²) in [7, 11) is 0. The van der Waals surface area contributed by atoms with Crippen molar-refractivity contribution in [2.24, 2.45) is 29.6 Å². The molecule has 0 aliphatic heterocycles. The van der Waals surface area contributed by atoms with Crippen molar-refractivity contribution in [3.63, 3.8) is 0 Å². The summed E-state index contributed by atoms with van der Waals surface area (Å²) in [5.41, 5.74) is 0. The second-order valence-corrected chi connectivity index (χ2v) is 6.27. The molecule has 0 bridgehead atoms. The molecule has 0 amide bonds. The monoisotopic (exact) mass is 234 g/mol. The van der Waals surface area contributed by atoms with Crippen LogP contribution < -0.4 is 0 Å². The molecule has 0 heteroatoms. The molecule has 1 aliphatic carbocycles. The Labute approximate surface area is 108 Å². The van der Waals surface area contributed by atoms with Crippen LogP contribution in [0.4, 0.5) is 0 Å². The van der Waals surface area contributed by atoms with Crippen molar-refractivity contribution in [2.45, 2.75) is 52.9 Å². The summed E-state index contributed by atoms with van der Waals surface area (Å²) in [6.07, 6.45) is 11.1. The first-order chi connectivity index (χ1) is 8.10. The first-order valence-corrected chi connectivity index (χ1v) is 7.35. The van der Waals surface area contributed by atoms with Crippen molar-refractivity contribution >= 4 is 0 Å². The van der Waals surface area contributed by atoms with Crippen LogP contribution in [0.5, 0.6) is 0 Å². The van der Waals surface area contributed by atoms with E-state index in [4.69, 9.17) is 0 Å². The van der Waals surface area contributed by atoms with E-state index in [2.05, 4.69) is 46.1 Å². The highest BCUT2D eigenvalue weighted by molar-refractivity contribution is 4.94. The van der Waals surface area contributed by atoms with Gasteiger partial charge in [0.05, 0.1) is 0 Å². The molecule has 1 rings (SSSR count). The first kappa shape index (κ1) is 14.5. The van der Waals surface area contributed by atoms with Crippen LogP contribution in [0.3, 0.4) is 0 Å². The highest BCUT2D eigenvalue weighted by Crippen LogP contribution is 2.41. The van der Waals surface area contributed by atoms with Gasteiger partial charge in [-0.05, 0) is 55.3 Å². The van der Waals surface area contributed by atoms with Crippen LogP contribution in [0.25, 0.3) is 0 Å². The number of hydrogen-bond donors (Lipinski definition) is 0. The zero-order valence-corrected chi connectivity index (χ0v) is 12.0. The van der Waals surface area contributed by atoms with E-state index >= 15 is 0 Å². The molecule has 4 unspecified atom stereocenters. The fourth-order valence-corrected chi connectivity index (χ4v) is 3.43. The van der Waals surface area contributed by atoms with Gasteiger partial charge in [-0.3, -0.25) is 0 Å². The van der Waals surface area contributed by atoms with Crippen LogP contribution >= 0.6 is 0 Å². The van der Waals surface area contributed by atoms with Crippen LogP contribution in [-0.2, 0) is 0 Å². The lowest BCUT2D eigenvalue weighted by Gasteiger charge is -2.37. The fraction of sp³-hybridized carbons (Fsp3) is 0.765. The third-order valence-electron chi connectivity index (χ3n) is 4.44. The Bertz CT molecular complexity index is 238. The molecule has 0 aromatic heterocycles. The molecule has 0 N–H and O–H groups in total. The van der Waals surface area contributed by atoms with Gasteiger partial charge in [0.1, 0.15) is 0 Å². The van der Waals surface area contributed by atoms with Crippen molar-refractivity contribution < 1.29 is 0 Å². The Balaban J connectivity index is 2.65. The van der Waals surface area contributed by atoms with Gasteiger partial charge in [0.25, 0.3) is 0 Å². The molecule has 0 spiro atoms. The minimum absolute atomic E-state index is 0.715. The van der Waals surface area contributed by atoms with Gasteiger partial charge < -0.3 is 0 Å². The van der Waals surface area contributed by atoms with E-state index in [0.29, 0.717) is 5.92 Å². The molecule has 0 nitrogen and oxygen atoms in total. The molecule has 98 valence electrons. The van der Waals surface area contributed by atoms with Crippen molar-refractivity contribution in [1.82, 2.24) is 0 Å². The van der Waals surface area contributed by atoms with Gasteiger partial charge in [0, 0.05) is 0 Å². The third kappa shape index (κ3) is 4.33. The molecule has 0 aromatic rings. The zero-order chi connectivity index (χ0) is 12.8. The van der Waals surface area contributed by atoms with Gasteiger partial charge in [-0.1, -0.05) is 39.3 Å². The lowest BCUT2D eigenvalue weighted by atomic mass is 9.68. The molecule has 0 aromatic carbocycles. The quantitative estimate of drug-likeness (QED) is 0.535. The minimum Gasteiger partial charge on any atom is -0.103 e. The maximum Gasteiger partial charge on any atom is -0.0205 e. The molecule has 0 saturated heterocycles. The van der Waals surface area contributed by atoms with Gasteiger partial charge in [0.2, 0.25) is 0 Å². The van der Waals surface area contributed by atoms with E-state index in [9.17, 15) is 0 Å². The third-order valence-corrected chi connectivity index (χ3v) is 4.44. The van der Waals surface area contributed by atoms with Gasteiger partial charge in [-0.15, -0.1) is 13.2 Å². The largest absolute Gasteiger partial charge is 0.103 e. The first-order valence-electron chi connectivity index (χ1n) is 7.35. The summed E-state index contributed by atoms with van der Waals surface area (Å²) >= 11 is 0. The van der Waals surface area contributed by atoms with Crippen molar-refractivity contribution in [3.8, 4) is 0 Å². The molecule has 0 heterocycles. The average molecular weight is 234 g/mol. The van der Waals surface area contributed by atoms with Crippen LogP contribution in [0.15, 0.2) is 25.3 Å². The molecule has 1 saturated carbocycles. The maximum atomic E-state index is 4.07. The highest BCUT2D eigenvalue weighted by Gasteiger charge is 2.30. The lowest BCUT2D eigenvalue weighted by Crippen LogP contribution is -2.27. The van der Waals surface area contributed by atoms with Crippen LogP contribution in [-0.4, -0.2) is 0 Å². The fourth-order valence-electron chi connectivity index (χ4n) is 3.43. The molecule has 1 aliphatic rings. The smallest absolute Gasteiger partial charge is 0.0205 e. The Morgan fingerprint density at radius 1 is 1.18 bits per heavy atom. The predicted molar refractivity (Wildman–Crippen MR) is 78.0 cm³/mol. The predicted octanol–water partition coefficient (Wildman–Crippen LogP) is 5.46. The summed E-state index contributed by atoms with van der Waals surface area (Å²) in [5.74, 6) is 3.99. The van der Waals surface area contributed by atoms with Gasteiger partial charge in [-0.2, -0.15) is 0 Å². The van der Waals surface area contributed by atoms with E-state index < -0.39 is 0 Å². The topological polar surface area (TPSA) is 0 Å². The zero-order valence-electron chi connectivity index (χ0n) is 12.0. The normalized spacial score (nSPS) is 31.2. The van der Waals surface area contributed by atoms with E-state index in [1.165, 1.54) is 32.1 Å². The standard InChI is InChI=1S/C17H30/c1-6-14-10-15(7-2)12-17(11-14)16(8-3)9-13(4)5/h6,8,13-17H,1,3,7,9-12H2,2,4-5H3. The van der Waals surface area contributed by atoms with Crippen molar-refractivity contribution in [2.75, 3.05) is 0 Å². The van der Waals surface area contributed by atoms with Gasteiger partial charge in [0.15, 0.2) is 0 Å². The number of rotatable bonds is 6. The maximum absolute atomic E-state index is 4.07. The molecule has 0 radical (unpaired) electrons. The van der Waals surface area contributed by atoms with E-state index in [-0.39, 0.29) is 0 Å². The Morgan fingerprint density at radius 3 is 2.35 bits per heavy atom. The van der Waals surface area contributed by atoms with Crippen LogP contribution in [0.2, 0.25) is 0 Å².